The quantitative estimate of drug-likeness (QED) is 0.371. The minimum Gasteiger partial charge on any atom is -0.491 e. The van der Waals surface area contributed by atoms with Gasteiger partial charge in [0.25, 0.3) is 0 Å². The molecule has 2 aliphatic rings. The van der Waals surface area contributed by atoms with Crippen LogP contribution in [0.3, 0.4) is 0 Å². The maximum absolute atomic E-state index is 6.14. The Morgan fingerprint density at radius 1 is 1.00 bits per heavy atom. The van der Waals surface area contributed by atoms with E-state index in [9.17, 15) is 0 Å². The predicted octanol–water partition coefficient (Wildman–Crippen LogP) is 5.79. The highest BCUT2D eigenvalue weighted by molar-refractivity contribution is 5.71. The zero-order valence-electron chi connectivity index (χ0n) is 23.2. The molecule has 37 heavy (non-hydrogen) atoms. The highest BCUT2D eigenvalue weighted by atomic mass is 16.5. The first-order valence-electron chi connectivity index (χ1n) is 14.1. The molecule has 0 spiro atoms. The van der Waals surface area contributed by atoms with Crippen LogP contribution in [-0.4, -0.2) is 61.5 Å². The summed E-state index contributed by atoms with van der Waals surface area (Å²) in [6.07, 6.45) is 8.65. The summed E-state index contributed by atoms with van der Waals surface area (Å²) >= 11 is 0. The second-order valence-electron chi connectivity index (χ2n) is 11.2. The molecule has 3 aromatic rings. The molecule has 0 aliphatic carbocycles. The van der Waals surface area contributed by atoms with Crippen molar-refractivity contribution in [2.45, 2.75) is 85.4 Å². The molecule has 0 radical (unpaired) electrons. The lowest BCUT2D eigenvalue weighted by Crippen LogP contribution is -2.38. The van der Waals surface area contributed by atoms with E-state index in [1.807, 2.05) is 11.6 Å². The number of anilines is 1. The van der Waals surface area contributed by atoms with Crippen molar-refractivity contribution in [2.24, 2.45) is 5.92 Å². The first kappa shape index (κ1) is 25.8. The number of benzene rings is 1. The smallest absolute Gasteiger partial charge is 0.178 e. The first-order valence-corrected chi connectivity index (χ1v) is 14.1. The van der Waals surface area contributed by atoms with Gasteiger partial charge >= 0.3 is 0 Å². The van der Waals surface area contributed by atoms with E-state index in [0.717, 1.165) is 59.2 Å². The monoisotopic (exact) mass is 505 g/mol. The number of imidazole rings is 1. The lowest BCUT2D eigenvalue weighted by atomic mass is 9.91. The largest absolute Gasteiger partial charge is 0.491 e. The fourth-order valence-corrected chi connectivity index (χ4v) is 5.61. The van der Waals surface area contributed by atoms with Crippen LogP contribution in [0.25, 0.3) is 22.9 Å². The van der Waals surface area contributed by atoms with Gasteiger partial charge in [0.05, 0.1) is 12.1 Å². The summed E-state index contributed by atoms with van der Waals surface area (Å²) in [5.74, 6) is 4.30. The number of nitrogens with one attached hydrogen (secondary N) is 1. The Kier molecular flexibility index (Phi) is 7.84. The van der Waals surface area contributed by atoms with Crippen molar-refractivity contribution in [3.63, 3.8) is 0 Å². The number of aromatic nitrogens is 5. The molecule has 1 saturated heterocycles. The minimum absolute atomic E-state index is 0.222. The Bertz CT molecular complexity index is 1190. The molecule has 8 heteroatoms. The van der Waals surface area contributed by atoms with Gasteiger partial charge < -0.3 is 19.5 Å². The summed E-state index contributed by atoms with van der Waals surface area (Å²) in [5.41, 5.74) is 2.99. The Labute approximate surface area is 221 Å². The molecular formula is C29H43N7O. The zero-order chi connectivity index (χ0) is 25.9. The average molecular weight is 506 g/mol. The van der Waals surface area contributed by atoms with Gasteiger partial charge in [0.1, 0.15) is 29.7 Å². The molecule has 200 valence electrons. The number of likely N-dealkylation sites (tertiary alicyclic amines) is 1. The Hall–Kier alpha value is -2.87. The summed E-state index contributed by atoms with van der Waals surface area (Å²) in [7, 11) is 0. The zero-order valence-corrected chi connectivity index (χ0v) is 23.2. The number of hydrogen-bond acceptors (Lipinski definition) is 6. The molecule has 8 nitrogen and oxygen atoms in total. The summed E-state index contributed by atoms with van der Waals surface area (Å²) in [6.45, 7) is 15.7. The number of unbranched alkanes of at least 4 members (excludes halogenated alkanes) is 1. The van der Waals surface area contributed by atoms with E-state index >= 15 is 0 Å². The van der Waals surface area contributed by atoms with Crippen LogP contribution in [0.4, 0.5) is 5.69 Å². The number of rotatable bonds is 9. The van der Waals surface area contributed by atoms with Crippen molar-refractivity contribution < 1.29 is 4.74 Å². The topological polar surface area (TPSA) is 73.0 Å². The van der Waals surface area contributed by atoms with E-state index in [4.69, 9.17) is 9.72 Å². The van der Waals surface area contributed by atoms with Gasteiger partial charge in [-0.05, 0) is 85.0 Å². The van der Waals surface area contributed by atoms with Gasteiger partial charge in [-0.2, -0.15) is 5.10 Å². The molecule has 0 bridgehead atoms. The molecule has 0 atom stereocenters. The van der Waals surface area contributed by atoms with Crippen LogP contribution in [0.1, 0.15) is 71.7 Å². The summed E-state index contributed by atoms with van der Waals surface area (Å²) in [4.78, 5) is 12.3. The number of aryl methyl sites for hydroxylation is 1. The molecule has 5 rings (SSSR count). The van der Waals surface area contributed by atoms with Crippen LogP contribution >= 0.6 is 0 Å². The Morgan fingerprint density at radius 2 is 1.81 bits per heavy atom. The molecule has 1 aromatic carbocycles. The molecule has 1 fully saturated rings. The summed E-state index contributed by atoms with van der Waals surface area (Å²) in [5, 5.41) is 8.18. The summed E-state index contributed by atoms with van der Waals surface area (Å²) < 4.78 is 10.3. The maximum Gasteiger partial charge on any atom is 0.178 e. The van der Waals surface area contributed by atoms with Crippen molar-refractivity contribution in [3.05, 3.63) is 30.2 Å². The number of hydrogen-bond donors (Lipinski definition) is 1. The molecule has 0 unspecified atom stereocenters. The van der Waals surface area contributed by atoms with Crippen LogP contribution in [0.15, 0.2) is 24.4 Å². The molecule has 0 amide bonds. The normalized spacial score (nSPS) is 16.5. The van der Waals surface area contributed by atoms with Crippen LogP contribution in [0, 0.1) is 12.8 Å². The van der Waals surface area contributed by atoms with Gasteiger partial charge in [-0.25, -0.2) is 14.6 Å². The van der Waals surface area contributed by atoms with Gasteiger partial charge in [-0.1, -0.05) is 12.8 Å². The molecule has 0 saturated carbocycles. The summed E-state index contributed by atoms with van der Waals surface area (Å²) in [6, 6.07) is 7.32. The van der Waals surface area contributed by atoms with Crippen molar-refractivity contribution in [2.75, 3.05) is 31.6 Å². The standard InChI is InChI=1S/C29H43N7O/c1-20(2)34-14-11-23(12-15-34)8-6-7-13-30-24-9-10-25-27(18-24)37-17-16-35-19-26(32-28(25)35)29-31-22(5)33-36(29)21(3)4/h9-10,18-21,23,30H,6-8,11-17H2,1-5H3. The third kappa shape index (κ3) is 5.84. The highest BCUT2D eigenvalue weighted by Gasteiger charge is 2.23. The van der Waals surface area contributed by atoms with Crippen molar-refractivity contribution >= 4 is 5.69 Å². The van der Waals surface area contributed by atoms with Crippen LogP contribution in [-0.2, 0) is 6.54 Å². The predicted molar refractivity (Wildman–Crippen MR) is 149 cm³/mol. The first-order chi connectivity index (χ1) is 17.9. The van der Waals surface area contributed by atoms with E-state index in [1.54, 1.807) is 0 Å². The lowest BCUT2D eigenvalue weighted by Gasteiger charge is -2.34. The van der Waals surface area contributed by atoms with E-state index in [1.165, 1.54) is 45.2 Å². The molecule has 2 aromatic heterocycles. The van der Waals surface area contributed by atoms with Crippen LogP contribution < -0.4 is 10.1 Å². The Morgan fingerprint density at radius 3 is 2.57 bits per heavy atom. The fourth-order valence-electron chi connectivity index (χ4n) is 5.61. The van der Waals surface area contributed by atoms with Crippen molar-refractivity contribution in [1.29, 1.82) is 0 Å². The average Bonchev–Trinajstić information content (AvgIpc) is 3.43. The second-order valence-corrected chi connectivity index (χ2v) is 11.2. The molecule has 2 aliphatic heterocycles. The van der Waals surface area contributed by atoms with Crippen LogP contribution in [0.2, 0.25) is 0 Å². The third-order valence-corrected chi connectivity index (χ3v) is 7.79. The van der Waals surface area contributed by atoms with Crippen LogP contribution in [0.5, 0.6) is 5.75 Å². The molecular weight excluding hydrogens is 462 g/mol. The van der Waals surface area contributed by atoms with Crippen molar-refractivity contribution in [1.82, 2.24) is 29.2 Å². The number of ether oxygens (including phenoxy) is 1. The van der Waals surface area contributed by atoms with Gasteiger partial charge in [-0.3, -0.25) is 0 Å². The van der Waals surface area contributed by atoms with Gasteiger partial charge in [0, 0.05) is 36.6 Å². The van der Waals surface area contributed by atoms with Crippen molar-refractivity contribution in [3.8, 4) is 28.7 Å². The van der Waals surface area contributed by atoms with E-state index < -0.39 is 0 Å². The highest BCUT2D eigenvalue weighted by Crippen LogP contribution is 2.36. The number of piperidine rings is 1. The van der Waals surface area contributed by atoms with E-state index in [2.05, 4.69) is 77.0 Å². The van der Waals surface area contributed by atoms with Gasteiger partial charge in [-0.15, -0.1) is 0 Å². The molecule has 1 N–H and O–H groups in total. The Balaban J connectivity index is 1.19. The minimum atomic E-state index is 0.222. The third-order valence-electron chi connectivity index (χ3n) is 7.79. The second kappa shape index (κ2) is 11.3. The van der Waals surface area contributed by atoms with Gasteiger partial charge in [0.2, 0.25) is 0 Å². The lowest BCUT2D eigenvalue weighted by molar-refractivity contribution is 0.144. The van der Waals surface area contributed by atoms with Gasteiger partial charge in [0.15, 0.2) is 5.82 Å². The van der Waals surface area contributed by atoms with E-state index in [-0.39, 0.29) is 6.04 Å². The SMILES string of the molecule is Cc1nc(-c2cn3c(n2)-c2ccc(NCCCCC4CCN(C(C)C)CC4)cc2OCC3)n(C(C)C)n1. The maximum atomic E-state index is 6.14. The number of nitrogens with zero attached hydrogens (tertiary/aromatic N) is 6. The van der Waals surface area contributed by atoms with E-state index in [0.29, 0.717) is 12.6 Å². The molecule has 4 heterocycles. The number of fused-ring (bicyclic) bond motifs is 3. The fraction of sp³-hybridized carbons (Fsp3) is 0.621.